The molecule has 15 heavy (non-hydrogen) atoms. The van der Waals surface area contributed by atoms with Crippen molar-refractivity contribution >= 4 is 33.6 Å². The van der Waals surface area contributed by atoms with E-state index in [1.807, 2.05) is 6.07 Å². The molecule has 0 spiro atoms. The van der Waals surface area contributed by atoms with Crippen molar-refractivity contribution in [2.45, 2.75) is 12.2 Å². The van der Waals surface area contributed by atoms with Crippen molar-refractivity contribution in [3.8, 4) is 0 Å². The third-order valence-electron chi connectivity index (χ3n) is 2.08. The van der Waals surface area contributed by atoms with Crippen LogP contribution in [0, 0.1) is 0 Å². The Bertz CT molecular complexity index is 365. The molecule has 1 heterocycles. The summed E-state index contributed by atoms with van der Waals surface area (Å²) in [5.74, 6) is 1.96. The molecule has 2 rings (SSSR count). The number of thioether (sulfide) groups is 2. The zero-order valence-corrected chi connectivity index (χ0v) is 9.98. The molecule has 0 bridgehead atoms. The van der Waals surface area contributed by atoms with E-state index in [2.05, 4.69) is 23.2 Å². The average molecular weight is 239 g/mol. The Morgan fingerprint density at radius 1 is 1.40 bits per heavy atom. The highest BCUT2D eigenvalue weighted by Crippen LogP contribution is 2.34. The van der Waals surface area contributed by atoms with Gasteiger partial charge in [0.05, 0.1) is 5.69 Å². The molecule has 0 fully saturated rings. The largest absolute Gasteiger partial charge is 0.396 e. The van der Waals surface area contributed by atoms with E-state index in [9.17, 15) is 0 Å². The van der Waals surface area contributed by atoms with Crippen molar-refractivity contribution in [1.29, 1.82) is 0 Å². The minimum atomic E-state index is 0.265. The first-order valence-corrected chi connectivity index (χ1v) is 6.90. The fourth-order valence-corrected chi connectivity index (χ4v) is 3.37. The van der Waals surface area contributed by atoms with E-state index in [0.717, 1.165) is 28.0 Å². The third-order valence-corrected chi connectivity index (χ3v) is 4.41. The molecular formula is C11H13NOS2. The summed E-state index contributed by atoms with van der Waals surface area (Å²) in [5.41, 5.74) is 2.41. The molecule has 0 aromatic heterocycles. The molecule has 1 aliphatic rings. The van der Waals surface area contributed by atoms with Gasteiger partial charge in [-0.2, -0.15) is 0 Å². The maximum atomic E-state index is 8.69. The van der Waals surface area contributed by atoms with Gasteiger partial charge in [-0.1, -0.05) is 41.7 Å². The standard InChI is InChI=1S/C11H13NOS2/c13-6-3-7-14-11-12-10-5-2-1-4-9(10)8-15-11/h1-2,4-5,13H,3,6-8H2. The first-order valence-electron chi connectivity index (χ1n) is 4.93. The van der Waals surface area contributed by atoms with Crippen LogP contribution in [0.4, 0.5) is 5.69 Å². The maximum Gasteiger partial charge on any atom is 0.130 e. The average Bonchev–Trinajstić information content (AvgIpc) is 2.29. The fraction of sp³-hybridized carbons (Fsp3) is 0.364. The first-order chi connectivity index (χ1) is 7.40. The summed E-state index contributed by atoms with van der Waals surface area (Å²) in [6.07, 6.45) is 0.839. The molecule has 0 saturated carbocycles. The maximum absolute atomic E-state index is 8.69. The molecule has 1 aliphatic heterocycles. The Morgan fingerprint density at radius 3 is 3.13 bits per heavy atom. The Balaban J connectivity index is 2.02. The van der Waals surface area contributed by atoms with Crippen LogP contribution in [0.3, 0.4) is 0 Å². The summed E-state index contributed by atoms with van der Waals surface area (Å²) < 4.78 is 1.13. The van der Waals surface area contributed by atoms with Gasteiger partial charge in [0.15, 0.2) is 0 Å². The van der Waals surface area contributed by atoms with Crippen LogP contribution < -0.4 is 0 Å². The van der Waals surface area contributed by atoms with Crippen molar-refractivity contribution in [2.75, 3.05) is 12.4 Å². The molecule has 0 radical (unpaired) electrons. The highest BCUT2D eigenvalue weighted by Gasteiger charge is 2.11. The van der Waals surface area contributed by atoms with E-state index in [1.54, 1.807) is 23.5 Å². The lowest BCUT2D eigenvalue weighted by molar-refractivity contribution is 0.296. The van der Waals surface area contributed by atoms with Crippen LogP contribution >= 0.6 is 23.5 Å². The number of fused-ring (bicyclic) bond motifs is 1. The van der Waals surface area contributed by atoms with Gasteiger partial charge in [-0.25, -0.2) is 4.99 Å². The van der Waals surface area contributed by atoms with Gasteiger partial charge in [-0.05, 0) is 18.1 Å². The van der Waals surface area contributed by atoms with Gasteiger partial charge in [0.25, 0.3) is 0 Å². The lowest BCUT2D eigenvalue weighted by atomic mass is 10.2. The van der Waals surface area contributed by atoms with Gasteiger partial charge in [-0.15, -0.1) is 0 Å². The predicted octanol–water partition coefficient (Wildman–Crippen LogP) is 3.04. The Morgan fingerprint density at radius 2 is 2.27 bits per heavy atom. The summed E-state index contributed by atoms with van der Waals surface area (Å²) in [5, 5.41) is 8.69. The molecule has 4 heteroatoms. The van der Waals surface area contributed by atoms with Crippen molar-refractivity contribution in [1.82, 2.24) is 0 Å². The Labute approximate surface area is 98.2 Å². The predicted molar refractivity (Wildman–Crippen MR) is 69.0 cm³/mol. The number of aliphatic hydroxyl groups excluding tert-OH is 1. The van der Waals surface area contributed by atoms with Gasteiger partial charge in [0.1, 0.15) is 4.38 Å². The second-order valence-corrected chi connectivity index (χ2v) is 5.53. The highest BCUT2D eigenvalue weighted by atomic mass is 32.2. The number of aliphatic imine (C=N–C) groups is 1. The Hall–Kier alpha value is -0.450. The van der Waals surface area contributed by atoms with Gasteiger partial charge in [0, 0.05) is 18.1 Å². The molecule has 0 atom stereocenters. The molecule has 0 unspecified atom stereocenters. The van der Waals surface area contributed by atoms with Crippen LogP contribution in [-0.4, -0.2) is 21.8 Å². The third kappa shape index (κ3) is 3.00. The van der Waals surface area contributed by atoms with E-state index in [-0.39, 0.29) is 6.61 Å². The smallest absolute Gasteiger partial charge is 0.130 e. The summed E-state index contributed by atoms with van der Waals surface area (Å²) in [7, 11) is 0. The molecule has 0 amide bonds. The summed E-state index contributed by atoms with van der Waals surface area (Å²) in [6, 6.07) is 8.26. The van der Waals surface area contributed by atoms with Gasteiger partial charge < -0.3 is 5.11 Å². The number of benzene rings is 1. The zero-order valence-electron chi connectivity index (χ0n) is 8.35. The number of hydrogen-bond donors (Lipinski definition) is 1. The molecule has 1 aromatic carbocycles. The second-order valence-electron chi connectivity index (χ2n) is 3.22. The zero-order chi connectivity index (χ0) is 10.5. The molecule has 80 valence electrons. The molecular weight excluding hydrogens is 226 g/mol. The molecule has 2 nitrogen and oxygen atoms in total. The molecule has 0 aliphatic carbocycles. The van der Waals surface area contributed by atoms with Crippen LogP contribution in [-0.2, 0) is 5.75 Å². The fourth-order valence-electron chi connectivity index (χ4n) is 1.31. The van der Waals surface area contributed by atoms with Crippen molar-refractivity contribution in [2.24, 2.45) is 4.99 Å². The van der Waals surface area contributed by atoms with Gasteiger partial charge >= 0.3 is 0 Å². The number of rotatable bonds is 3. The summed E-state index contributed by atoms with van der Waals surface area (Å²) >= 11 is 3.53. The minimum absolute atomic E-state index is 0.265. The Kier molecular flexibility index (Phi) is 4.11. The highest BCUT2D eigenvalue weighted by molar-refractivity contribution is 8.38. The van der Waals surface area contributed by atoms with Crippen LogP contribution in [0.25, 0.3) is 0 Å². The van der Waals surface area contributed by atoms with E-state index >= 15 is 0 Å². The summed E-state index contributed by atoms with van der Waals surface area (Å²) in [4.78, 5) is 4.58. The SMILES string of the molecule is OCCCSC1=Nc2ccccc2CS1. The number of para-hydroxylation sites is 1. The second kappa shape index (κ2) is 5.58. The molecule has 1 aromatic rings. The number of nitrogens with zero attached hydrogens (tertiary/aromatic N) is 1. The van der Waals surface area contributed by atoms with Crippen LogP contribution in [0.2, 0.25) is 0 Å². The van der Waals surface area contributed by atoms with Crippen LogP contribution in [0.1, 0.15) is 12.0 Å². The van der Waals surface area contributed by atoms with Gasteiger partial charge in [-0.3, -0.25) is 0 Å². The van der Waals surface area contributed by atoms with Gasteiger partial charge in [0.2, 0.25) is 0 Å². The van der Waals surface area contributed by atoms with Crippen LogP contribution in [0.5, 0.6) is 0 Å². The van der Waals surface area contributed by atoms with Crippen LogP contribution in [0.15, 0.2) is 29.3 Å². The van der Waals surface area contributed by atoms with Crippen molar-refractivity contribution < 1.29 is 5.11 Å². The lowest BCUT2D eigenvalue weighted by Crippen LogP contribution is -1.97. The van der Waals surface area contributed by atoms with E-state index in [4.69, 9.17) is 5.11 Å². The topological polar surface area (TPSA) is 32.6 Å². The quantitative estimate of drug-likeness (QED) is 0.823. The molecule has 1 N–H and O–H groups in total. The monoisotopic (exact) mass is 239 g/mol. The van der Waals surface area contributed by atoms with E-state index in [1.165, 1.54) is 5.56 Å². The first kappa shape index (κ1) is 11.0. The number of aliphatic hydroxyl groups is 1. The minimum Gasteiger partial charge on any atom is -0.396 e. The summed E-state index contributed by atoms with van der Waals surface area (Å²) in [6.45, 7) is 0.265. The molecule has 0 saturated heterocycles. The van der Waals surface area contributed by atoms with Crippen molar-refractivity contribution in [3.05, 3.63) is 29.8 Å². The lowest BCUT2D eigenvalue weighted by Gasteiger charge is -2.13. The normalized spacial score (nSPS) is 14.6. The van der Waals surface area contributed by atoms with E-state index in [0.29, 0.717) is 0 Å². The number of hydrogen-bond acceptors (Lipinski definition) is 4. The van der Waals surface area contributed by atoms with Crippen molar-refractivity contribution in [3.63, 3.8) is 0 Å². The van der Waals surface area contributed by atoms with E-state index < -0.39 is 0 Å².